The molecule has 0 N–H and O–H groups in total. The Bertz CT molecular complexity index is 1080. The number of hydrogen-bond donors (Lipinski definition) is 0. The van der Waals surface area contributed by atoms with Gasteiger partial charge < -0.3 is 0 Å². The van der Waals surface area contributed by atoms with Crippen molar-refractivity contribution < 1.29 is 0 Å². The van der Waals surface area contributed by atoms with E-state index in [9.17, 15) is 0 Å². The Morgan fingerprint density at radius 1 is 0.920 bits per heavy atom. The van der Waals surface area contributed by atoms with Gasteiger partial charge in [0.25, 0.3) is 0 Å². The van der Waals surface area contributed by atoms with Gasteiger partial charge in [-0.3, -0.25) is 9.38 Å². The Balaban J connectivity index is 1.89. The molecule has 4 aromatic rings. The molecule has 124 valence electrons. The van der Waals surface area contributed by atoms with E-state index in [0.29, 0.717) is 0 Å². The number of azo groups is 1. The number of imidazole rings is 1. The maximum atomic E-state index is 4.75. The summed E-state index contributed by atoms with van der Waals surface area (Å²) >= 11 is 0. The first-order valence-corrected chi connectivity index (χ1v) is 8.27. The van der Waals surface area contributed by atoms with Crippen molar-refractivity contribution in [1.29, 1.82) is 0 Å². The largest absolute Gasteiger partial charge is 0.283 e. The number of benzene rings is 1. The number of hydrogen-bond acceptors (Lipinski definition) is 4. The zero-order chi connectivity index (χ0) is 17.4. The normalized spacial score (nSPS) is 12.4. The molecule has 5 heteroatoms. The summed E-state index contributed by atoms with van der Waals surface area (Å²) in [5, 5.41) is 10.1. The number of para-hydroxylation sites is 1. The topological polar surface area (TPSA) is 54.9 Å². The van der Waals surface area contributed by atoms with Gasteiger partial charge in [-0.05, 0) is 24.3 Å². The van der Waals surface area contributed by atoms with Crippen molar-refractivity contribution in [2.45, 2.75) is 26.2 Å². The summed E-state index contributed by atoms with van der Waals surface area (Å²) in [6.45, 7) is 6.40. The van der Waals surface area contributed by atoms with Gasteiger partial charge in [-0.25, -0.2) is 4.98 Å². The van der Waals surface area contributed by atoms with Gasteiger partial charge in [0.2, 0.25) is 0 Å². The number of pyridine rings is 2. The van der Waals surface area contributed by atoms with Crippen molar-refractivity contribution >= 4 is 28.1 Å². The van der Waals surface area contributed by atoms with Crippen LogP contribution in [0, 0.1) is 0 Å². The van der Waals surface area contributed by atoms with Crippen molar-refractivity contribution in [3.05, 3.63) is 66.6 Å². The van der Waals surface area contributed by atoms with Crippen LogP contribution in [0.15, 0.2) is 71.2 Å². The third-order valence-corrected chi connectivity index (χ3v) is 4.08. The van der Waals surface area contributed by atoms with Crippen molar-refractivity contribution in [1.82, 2.24) is 14.4 Å². The van der Waals surface area contributed by atoms with Gasteiger partial charge in [0.05, 0.1) is 11.2 Å². The SMILES string of the molecule is CC(C)(C)c1nc2ccccn2c1N=Nc1cccc2cccnc12. The molecule has 0 saturated heterocycles. The highest BCUT2D eigenvalue weighted by atomic mass is 15.2. The van der Waals surface area contributed by atoms with E-state index in [1.54, 1.807) is 6.20 Å². The molecular formula is C20H19N5. The zero-order valence-corrected chi connectivity index (χ0v) is 14.5. The number of rotatable bonds is 2. The molecule has 0 fully saturated rings. The maximum absolute atomic E-state index is 4.75. The van der Waals surface area contributed by atoms with E-state index in [-0.39, 0.29) is 5.41 Å². The van der Waals surface area contributed by atoms with E-state index in [0.717, 1.165) is 33.7 Å². The quantitative estimate of drug-likeness (QED) is 0.450. The predicted octanol–water partition coefficient (Wildman–Crippen LogP) is 5.60. The monoisotopic (exact) mass is 329 g/mol. The molecule has 0 unspecified atom stereocenters. The number of nitrogens with zero attached hydrogens (tertiary/aromatic N) is 5. The Morgan fingerprint density at radius 2 is 1.76 bits per heavy atom. The molecule has 0 aliphatic heterocycles. The van der Waals surface area contributed by atoms with Crippen LogP contribution < -0.4 is 0 Å². The van der Waals surface area contributed by atoms with Gasteiger partial charge in [0, 0.05) is 23.2 Å². The average molecular weight is 329 g/mol. The molecule has 5 nitrogen and oxygen atoms in total. The van der Waals surface area contributed by atoms with Crippen LogP contribution in [0.1, 0.15) is 26.5 Å². The molecule has 1 aromatic carbocycles. The minimum Gasteiger partial charge on any atom is -0.283 e. The summed E-state index contributed by atoms with van der Waals surface area (Å²) in [5.41, 5.74) is 3.27. The van der Waals surface area contributed by atoms with Crippen LogP contribution in [-0.2, 0) is 5.41 Å². The standard InChI is InChI=1S/C20H19N5/c1-20(2,3)18-19(25-13-5-4-11-16(25)22-18)24-23-15-10-6-8-14-9-7-12-21-17(14)15/h4-13H,1-3H3. The van der Waals surface area contributed by atoms with Crippen molar-refractivity contribution in [3.8, 4) is 0 Å². The second-order valence-corrected chi connectivity index (χ2v) is 7.02. The first-order chi connectivity index (χ1) is 12.0. The van der Waals surface area contributed by atoms with Crippen LogP contribution in [0.25, 0.3) is 16.6 Å². The maximum Gasteiger partial charge on any atom is 0.183 e. The van der Waals surface area contributed by atoms with Crippen molar-refractivity contribution in [3.63, 3.8) is 0 Å². The van der Waals surface area contributed by atoms with Crippen LogP contribution >= 0.6 is 0 Å². The molecule has 0 atom stereocenters. The molecule has 0 bridgehead atoms. The molecule has 3 heterocycles. The summed E-state index contributed by atoms with van der Waals surface area (Å²) in [5.74, 6) is 0.760. The summed E-state index contributed by atoms with van der Waals surface area (Å²) in [7, 11) is 0. The van der Waals surface area contributed by atoms with E-state index in [4.69, 9.17) is 4.98 Å². The molecule has 25 heavy (non-hydrogen) atoms. The highest BCUT2D eigenvalue weighted by molar-refractivity contribution is 5.88. The molecule has 3 aromatic heterocycles. The highest BCUT2D eigenvalue weighted by Gasteiger charge is 2.24. The Kier molecular flexibility index (Phi) is 3.57. The van der Waals surface area contributed by atoms with Gasteiger partial charge in [0.1, 0.15) is 11.3 Å². The predicted molar refractivity (Wildman–Crippen MR) is 99.8 cm³/mol. The van der Waals surface area contributed by atoms with Gasteiger partial charge in [0.15, 0.2) is 5.82 Å². The molecule has 0 radical (unpaired) electrons. The van der Waals surface area contributed by atoms with Crippen LogP contribution in [0.4, 0.5) is 11.5 Å². The number of fused-ring (bicyclic) bond motifs is 2. The fourth-order valence-electron chi connectivity index (χ4n) is 2.85. The van der Waals surface area contributed by atoms with Gasteiger partial charge >= 0.3 is 0 Å². The molecule has 0 saturated carbocycles. The summed E-state index contributed by atoms with van der Waals surface area (Å²) in [6.07, 6.45) is 3.74. The molecule has 0 amide bonds. The Morgan fingerprint density at radius 3 is 2.60 bits per heavy atom. The van der Waals surface area contributed by atoms with E-state index < -0.39 is 0 Å². The van der Waals surface area contributed by atoms with Crippen LogP contribution in [-0.4, -0.2) is 14.4 Å². The molecule has 4 rings (SSSR count). The Hall–Kier alpha value is -3.08. The fourth-order valence-corrected chi connectivity index (χ4v) is 2.85. The number of aromatic nitrogens is 3. The van der Waals surface area contributed by atoms with Gasteiger partial charge in [-0.2, -0.15) is 0 Å². The third-order valence-electron chi connectivity index (χ3n) is 4.08. The smallest absolute Gasteiger partial charge is 0.183 e. The van der Waals surface area contributed by atoms with Crippen molar-refractivity contribution in [2.24, 2.45) is 10.2 Å². The summed E-state index contributed by atoms with van der Waals surface area (Å²) < 4.78 is 1.97. The second kappa shape index (κ2) is 5.77. The Labute approximate surface area is 146 Å². The van der Waals surface area contributed by atoms with E-state index in [1.807, 2.05) is 59.1 Å². The highest BCUT2D eigenvalue weighted by Crippen LogP contribution is 2.33. The lowest BCUT2D eigenvalue weighted by molar-refractivity contribution is 0.574. The zero-order valence-electron chi connectivity index (χ0n) is 14.5. The fraction of sp³-hybridized carbons (Fsp3) is 0.200. The van der Waals surface area contributed by atoms with Gasteiger partial charge in [-0.15, -0.1) is 10.2 Å². The van der Waals surface area contributed by atoms with E-state index in [1.165, 1.54) is 0 Å². The third kappa shape index (κ3) is 2.78. The van der Waals surface area contributed by atoms with Crippen LogP contribution in [0.5, 0.6) is 0 Å². The van der Waals surface area contributed by atoms with E-state index in [2.05, 4.69) is 36.0 Å². The molecular weight excluding hydrogens is 310 g/mol. The minimum absolute atomic E-state index is 0.128. The average Bonchev–Trinajstić information content (AvgIpc) is 2.99. The van der Waals surface area contributed by atoms with E-state index >= 15 is 0 Å². The van der Waals surface area contributed by atoms with Gasteiger partial charge in [-0.1, -0.05) is 45.0 Å². The molecule has 0 aliphatic rings. The van der Waals surface area contributed by atoms with Crippen LogP contribution in [0.3, 0.4) is 0 Å². The molecule has 0 aliphatic carbocycles. The summed E-state index contributed by atoms with van der Waals surface area (Å²) in [4.78, 5) is 9.19. The van der Waals surface area contributed by atoms with Crippen molar-refractivity contribution in [2.75, 3.05) is 0 Å². The minimum atomic E-state index is -0.128. The summed E-state index contributed by atoms with van der Waals surface area (Å²) in [6, 6.07) is 15.8. The lowest BCUT2D eigenvalue weighted by Gasteiger charge is -2.15. The first-order valence-electron chi connectivity index (χ1n) is 8.27. The second-order valence-electron chi connectivity index (χ2n) is 7.02. The lowest BCUT2D eigenvalue weighted by Crippen LogP contribution is -2.11. The molecule has 0 spiro atoms. The lowest BCUT2D eigenvalue weighted by atomic mass is 9.92. The van der Waals surface area contributed by atoms with Crippen LogP contribution in [0.2, 0.25) is 0 Å². The first kappa shape index (κ1) is 15.4.